The molecule has 0 atom stereocenters. The number of benzene rings is 2. The molecule has 0 bridgehead atoms. The van der Waals surface area contributed by atoms with Crippen molar-refractivity contribution in [3.63, 3.8) is 0 Å². The highest BCUT2D eigenvalue weighted by Crippen LogP contribution is 2.33. The van der Waals surface area contributed by atoms with Gasteiger partial charge in [0.15, 0.2) is 11.5 Å². The number of fused-ring (bicyclic) bond motifs is 1. The first kappa shape index (κ1) is 19.1. The molecular formula is C21H30N2O2. The smallest absolute Gasteiger partial charge is 0.161 e. The van der Waals surface area contributed by atoms with Gasteiger partial charge < -0.3 is 15.2 Å². The molecule has 0 aromatic heterocycles. The van der Waals surface area contributed by atoms with Gasteiger partial charge in [-0.1, -0.05) is 26.0 Å². The lowest BCUT2D eigenvalue weighted by Crippen LogP contribution is -2.32. The fourth-order valence-corrected chi connectivity index (χ4v) is 3.10. The SMILES string of the molecule is CC.COc1cc2c(cc1OC)CN(CCc1ccc(N)cc1)CC2. The minimum absolute atomic E-state index is 0.812. The Hall–Kier alpha value is -2.20. The van der Waals surface area contributed by atoms with Gasteiger partial charge in [-0.3, -0.25) is 4.90 Å². The summed E-state index contributed by atoms with van der Waals surface area (Å²) in [7, 11) is 3.37. The second kappa shape index (κ2) is 9.33. The van der Waals surface area contributed by atoms with Crippen LogP contribution >= 0.6 is 0 Å². The van der Waals surface area contributed by atoms with E-state index in [1.54, 1.807) is 14.2 Å². The number of methoxy groups -OCH3 is 2. The standard InChI is InChI=1S/C19H24N2O2.C2H6/c1-22-18-11-15-8-10-21(13-16(15)12-19(18)23-2)9-7-14-3-5-17(20)6-4-14;1-2/h3-6,11-12H,7-10,13,20H2,1-2H3;1-2H3. The summed E-state index contributed by atoms with van der Waals surface area (Å²) in [6.45, 7) is 7.10. The number of anilines is 1. The Kier molecular flexibility index (Phi) is 7.14. The van der Waals surface area contributed by atoms with E-state index in [2.05, 4.69) is 29.2 Å². The lowest BCUT2D eigenvalue weighted by molar-refractivity contribution is 0.255. The van der Waals surface area contributed by atoms with Crippen LogP contribution in [0.15, 0.2) is 36.4 Å². The maximum atomic E-state index is 5.74. The van der Waals surface area contributed by atoms with E-state index in [0.717, 1.165) is 49.7 Å². The van der Waals surface area contributed by atoms with Gasteiger partial charge in [0.05, 0.1) is 14.2 Å². The molecule has 1 heterocycles. The minimum Gasteiger partial charge on any atom is -0.493 e. The third-order valence-corrected chi connectivity index (χ3v) is 4.49. The van der Waals surface area contributed by atoms with Crippen molar-refractivity contribution in [1.82, 2.24) is 4.90 Å². The summed E-state index contributed by atoms with van der Waals surface area (Å²) in [5, 5.41) is 0. The van der Waals surface area contributed by atoms with Crippen molar-refractivity contribution in [2.75, 3.05) is 33.0 Å². The lowest BCUT2D eigenvalue weighted by Gasteiger charge is -2.29. The largest absolute Gasteiger partial charge is 0.493 e. The molecule has 2 N–H and O–H groups in total. The Balaban J connectivity index is 0.00000109. The molecule has 0 radical (unpaired) electrons. The number of nitrogens with two attached hydrogens (primary N) is 1. The molecule has 0 spiro atoms. The molecule has 4 nitrogen and oxygen atoms in total. The highest BCUT2D eigenvalue weighted by Gasteiger charge is 2.19. The summed E-state index contributed by atoms with van der Waals surface area (Å²) in [5.41, 5.74) is 10.6. The molecule has 4 heteroatoms. The number of rotatable bonds is 5. The van der Waals surface area contributed by atoms with Crippen LogP contribution in [-0.2, 0) is 19.4 Å². The summed E-state index contributed by atoms with van der Waals surface area (Å²) in [6.07, 6.45) is 2.10. The van der Waals surface area contributed by atoms with E-state index in [1.807, 2.05) is 26.0 Å². The molecule has 0 fully saturated rings. The van der Waals surface area contributed by atoms with Crippen LogP contribution in [0.25, 0.3) is 0 Å². The second-order valence-electron chi connectivity index (χ2n) is 5.99. The van der Waals surface area contributed by atoms with Crippen molar-refractivity contribution in [3.05, 3.63) is 53.1 Å². The first-order valence-electron chi connectivity index (χ1n) is 9.00. The highest BCUT2D eigenvalue weighted by atomic mass is 16.5. The summed E-state index contributed by atoms with van der Waals surface area (Å²) in [4.78, 5) is 2.49. The Bertz CT molecular complexity index is 668. The van der Waals surface area contributed by atoms with Crippen LogP contribution in [0, 0.1) is 0 Å². The highest BCUT2D eigenvalue weighted by molar-refractivity contribution is 5.48. The lowest BCUT2D eigenvalue weighted by atomic mass is 9.98. The molecule has 0 saturated carbocycles. The van der Waals surface area contributed by atoms with E-state index in [9.17, 15) is 0 Å². The molecular weight excluding hydrogens is 312 g/mol. The summed E-state index contributed by atoms with van der Waals surface area (Å²) in [5.74, 6) is 1.63. The number of ether oxygens (including phenoxy) is 2. The van der Waals surface area contributed by atoms with Crippen LogP contribution in [0.4, 0.5) is 5.69 Å². The molecule has 0 aliphatic carbocycles. The Morgan fingerprint density at radius 2 is 1.56 bits per heavy atom. The van der Waals surface area contributed by atoms with Crippen LogP contribution in [0.1, 0.15) is 30.5 Å². The van der Waals surface area contributed by atoms with Crippen LogP contribution < -0.4 is 15.2 Å². The second-order valence-corrected chi connectivity index (χ2v) is 5.99. The molecule has 136 valence electrons. The summed E-state index contributed by atoms with van der Waals surface area (Å²) >= 11 is 0. The number of hydrogen-bond acceptors (Lipinski definition) is 4. The Morgan fingerprint density at radius 1 is 0.960 bits per heavy atom. The molecule has 1 aliphatic heterocycles. The number of nitrogen functional groups attached to an aromatic ring is 1. The Morgan fingerprint density at radius 3 is 2.16 bits per heavy atom. The molecule has 0 saturated heterocycles. The van der Waals surface area contributed by atoms with Gasteiger partial charge in [-0.05, 0) is 53.8 Å². The quantitative estimate of drug-likeness (QED) is 0.837. The van der Waals surface area contributed by atoms with Gasteiger partial charge in [0.2, 0.25) is 0 Å². The zero-order valence-corrected chi connectivity index (χ0v) is 15.8. The molecule has 2 aromatic rings. The molecule has 2 aromatic carbocycles. The van der Waals surface area contributed by atoms with Crippen LogP contribution in [0.5, 0.6) is 11.5 Å². The first-order chi connectivity index (χ1) is 12.2. The van der Waals surface area contributed by atoms with Crippen molar-refractivity contribution >= 4 is 5.69 Å². The van der Waals surface area contributed by atoms with Crippen molar-refractivity contribution in [1.29, 1.82) is 0 Å². The van der Waals surface area contributed by atoms with Crippen LogP contribution in [0.3, 0.4) is 0 Å². The maximum absolute atomic E-state index is 5.74. The van der Waals surface area contributed by atoms with Gasteiger partial charge in [0.1, 0.15) is 0 Å². The molecule has 1 aliphatic rings. The number of nitrogens with zero attached hydrogens (tertiary/aromatic N) is 1. The predicted molar refractivity (Wildman–Crippen MR) is 104 cm³/mol. The number of hydrogen-bond donors (Lipinski definition) is 1. The zero-order chi connectivity index (χ0) is 18.2. The molecule has 0 amide bonds. The third kappa shape index (κ3) is 4.89. The van der Waals surface area contributed by atoms with Crippen LogP contribution in [-0.4, -0.2) is 32.2 Å². The van der Waals surface area contributed by atoms with E-state index >= 15 is 0 Å². The average Bonchev–Trinajstić information content (AvgIpc) is 2.67. The van der Waals surface area contributed by atoms with Gasteiger partial charge in [0.25, 0.3) is 0 Å². The van der Waals surface area contributed by atoms with E-state index in [1.165, 1.54) is 16.7 Å². The predicted octanol–water partition coefficient (Wildman–Crippen LogP) is 3.91. The van der Waals surface area contributed by atoms with Gasteiger partial charge >= 0.3 is 0 Å². The molecule has 0 unspecified atom stereocenters. The van der Waals surface area contributed by atoms with Crippen molar-refractivity contribution < 1.29 is 9.47 Å². The fraction of sp³-hybridized carbons (Fsp3) is 0.429. The van der Waals surface area contributed by atoms with Crippen molar-refractivity contribution in [2.24, 2.45) is 0 Å². The first-order valence-corrected chi connectivity index (χ1v) is 9.00. The molecule has 25 heavy (non-hydrogen) atoms. The van der Waals surface area contributed by atoms with Gasteiger partial charge in [-0.25, -0.2) is 0 Å². The van der Waals surface area contributed by atoms with E-state index in [-0.39, 0.29) is 0 Å². The summed E-state index contributed by atoms with van der Waals surface area (Å²) < 4.78 is 10.8. The maximum Gasteiger partial charge on any atom is 0.161 e. The van der Waals surface area contributed by atoms with E-state index < -0.39 is 0 Å². The van der Waals surface area contributed by atoms with E-state index in [4.69, 9.17) is 15.2 Å². The van der Waals surface area contributed by atoms with Gasteiger partial charge in [0, 0.05) is 25.3 Å². The molecule has 3 rings (SSSR count). The van der Waals surface area contributed by atoms with Gasteiger partial charge in [-0.2, -0.15) is 0 Å². The Labute approximate surface area is 151 Å². The zero-order valence-electron chi connectivity index (χ0n) is 15.8. The van der Waals surface area contributed by atoms with Crippen molar-refractivity contribution in [3.8, 4) is 11.5 Å². The average molecular weight is 342 g/mol. The normalized spacial score (nSPS) is 13.4. The fourth-order valence-electron chi connectivity index (χ4n) is 3.10. The van der Waals surface area contributed by atoms with Crippen LogP contribution in [0.2, 0.25) is 0 Å². The van der Waals surface area contributed by atoms with Gasteiger partial charge in [-0.15, -0.1) is 0 Å². The monoisotopic (exact) mass is 342 g/mol. The van der Waals surface area contributed by atoms with Crippen molar-refractivity contribution in [2.45, 2.75) is 33.2 Å². The third-order valence-electron chi connectivity index (χ3n) is 4.49. The van der Waals surface area contributed by atoms with E-state index in [0.29, 0.717) is 0 Å². The minimum atomic E-state index is 0.812. The summed E-state index contributed by atoms with van der Waals surface area (Å²) in [6, 6.07) is 12.4. The topological polar surface area (TPSA) is 47.7 Å².